The molecule has 1 aromatic rings. The summed E-state index contributed by atoms with van der Waals surface area (Å²) in [6, 6.07) is 3.70. The number of urea groups is 1. The van der Waals surface area contributed by atoms with Crippen LogP contribution in [0.15, 0.2) is 18.2 Å². The maximum atomic E-state index is 12.0. The molecular formula is C15H19ClN4O5. The van der Waals surface area contributed by atoms with Gasteiger partial charge in [-0.1, -0.05) is 24.6 Å². The number of nitro groups is 1. The molecule has 3 N–H and O–H groups in total. The van der Waals surface area contributed by atoms with Crippen LogP contribution >= 0.6 is 11.6 Å². The number of hydrogen-bond donors (Lipinski definition) is 3. The van der Waals surface area contributed by atoms with Crippen LogP contribution in [0.5, 0.6) is 0 Å². The second kappa shape index (κ2) is 8.13. The Morgan fingerprint density at radius 2 is 2.12 bits per heavy atom. The first-order chi connectivity index (χ1) is 11.8. The number of carbonyl (C=O) groups excluding carboxylic acids is 1. The van der Waals surface area contributed by atoms with E-state index in [1.807, 2.05) is 11.8 Å². The quantitative estimate of drug-likeness (QED) is 0.499. The van der Waals surface area contributed by atoms with Crippen molar-refractivity contribution in [3.63, 3.8) is 0 Å². The molecule has 0 aliphatic heterocycles. The van der Waals surface area contributed by atoms with Gasteiger partial charge in [0.25, 0.3) is 5.69 Å². The molecule has 1 aliphatic carbocycles. The highest BCUT2D eigenvalue weighted by Gasteiger charge is 2.34. The van der Waals surface area contributed by atoms with Gasteiger partial charge >= 0.3 is 12.0 Å². The normalized spacial score (nSPS) is 19.2. The second-order valence-corrected chi connectivity index (χ2v) is 6.15. The Morgan fingerprint density at radius 3 is 2.68 bits per heavy atom. The lowest BCUT2D eigenvalue weighted by Gasteiger charge is -2.42. The van der Waals surface area contributed by atoms with Gasteiger partial charge in [0.05, 0.1) is 17.2 Å². The van der Waals surface area contributed by atoms with E-state index in [2.05, 4.69) is 10.6 Å². The second-order valence-electron chi connectivity index (χ2n) is 5.77. The fraction of sp³-hybridized carbons (Fsp3) is 0.467. The zero-order valence-electron chi connectivity index (χ0n) is 13.6. The van der Waals surface area contributed by atoms with Crippen molar-refractivity contribution >= 4 is 35.0 Å². The molecule has 25 heavy (non-hydrogen) atoms. The largest absolute Gasteiger partial charge is 0.480 e. The topological polar surface area (TPSA) is 125 Å². The SMILES string of the molecule is CCN(CC(=O)O)C1CC(NC(=O)Nc2cccc([N+](=O)[O-])c2Cl)C1. The minimum atomic E-state index is -0.878. The number of likely N-dealkylation sites (N-methyl/N-ethyl adjacent to an activating group) is 1. The van der Waals surface area contributed by atoms with Gasteiger partial charge in [0.2, 0.25) is 0 Å². The van der Waals surface area contributed by atoms with Crippen LogP contribution in [0.1, 0.15) is 19.8 Å². The Labute approximate surface area is 149 Å². The number of carboxylic acids is 1. The van der Waals surface area contributed by atoms with Crippen molar-refractivity contribution in [1.82, 2.24) is 10.2 Å². The number of hydrogen-bond acceptors (Lipinski definition) is 5. The number of anilines is 1. The number of aliphatic carboxylic acids is 1. The van der Waals surface area contributed by atoms with E-state index in [1.165, 1.54) is 18.2 Å². The predicted molar refractivity (Wildman–Crippen MR) is 92.0 cm³/mol. The van der Waals surface area contributed by atoms with Gasteiger partial charge in [-0.25, -0.2) is 4.79 Å². The van der Waals surface area contributed by atoms with Gasteiger partial charge in [0.15, 0.2) is 0 Å². The van der Waals surface area contributed by atoms with Crippen LogP contribution in [0, 0.1) is 10.1 Å². The van der Waals surface area contributed by atoms with Gasteiger partial charge in [-0.2, -0.15) is 0 Å². The van der Waals surface area contributed by atoms with Crippen molar-refractivity contribution in [3.8, 4) is 0 Å². The highest BCUT2D eigenvalue weighted by molar-refractivity contribution is 6.35. The third kappa shape index (κ3) is 4.80. The standard InChI is InChI=1S/C15H19ClN4O5/c1-2-19(8-13(21)22)10-6-9(7-10)17-15(23)18-11-4-3-5-12(14(11)16)20(24)25/h3-5,9-10H,2,6-8H2,1H3,(H,21,22)(H2,17,18,23). The fourth-order valence-electron chi connectivity index (χ4n) is 2.78. The Hall–Kier alpha value is -2.39. The molecule has 0 bridgehead atoms. The lowest BCUT2D eigenvalue weighted by atomic mass is 9.85. The van der Waals surface area contributed by atoms with Crippen molar-refractivity contribution in [2.24, 2.45) is 0 Å². The summed E-state index contributed by atoms with van der Waals surface area (Å²) in [5.74, 6) is -0.878. The molecule has 0 unspecified atom stereocenters. The molecule has 136 valence electrons. The maximum absolute atomic E-state index is 12.0. The lowest BCUT2D eigenvalue weighted by molar-refractivity contribution is -0.384. The summed E-state index contributed by atoms with van der Waals surface area (Å²) in [5, 5.41) is 24.8. The van der Waals surface area contributed by atoms with E-state index >= 15 is 0 Å². The molecule has 1 aromatic carbocycles. The summed E-state index contributed by atoms with van der Waals surface area (Å²) in [6.07, 6.45) is 1.30. The van der Waals surface area contributed by atoms with Crippen molar-refractivity contribution < 1.29 is 19.6 Å². The fourth-order valence-corrected chi connectivity index (χ4v) is 3.02. The molecule has 1 saturated carbocycles. The maximum Gasteiger partial charge on any atom is 0.319 e. The highest BCUT2D eigenvalue weighted by atomic mass is 35.5. The highest BCUT2D eigenvalue weighted by Crippen LogP contribution is 2.31. The average molecular weight is 371 g/mol. The Kier molecular flexibility index (Phi) is 6.16. The van der Waals surface area contributed by atoms with Gasteiger partial charge in [-0.3, -0.25) is 19.8 Å². The first-order valence-corrected chi connectivity index (χ1v) is 8.15. The Bertz CT molecular complexity index is 678. The number of amides is 2. The van der Waals surface area contributed by atoms with Crippen LogP contribution in [-0.4, -0.2) is 52.1 Å². The number of nitro benzene ring substituents is 1. The zero-order chi connectivity index (χ0) is 18.6. The van der Waals surface area contributed by atoms with Crippen LogP contribution in [0.3, 0.4) is 0 Å². The molecule has 0 aromatic heterocycles. The molecule has 0 saturated heterocycles. The van der Waals surface area contributed by atoms with Gasteiger partial charge in [0, 0.05) is 18.2 Å². The van der Waals surface area contributed by atoms with E-state index in [4.69, 9.17) is 16.7 Å². The monoisotopic (exact) mass is 370 g/mol. The minimum Gasteiger partial charge on any atom is -0.480 e. The molecule has 1 aliphatic rings. The summed E-state index contributed by atoms with van der Waals surface area (Å²) in [7, 11) is 0. The minimum absolute atomic E-state index is 0.0244. The van der Waals surface area contributed by atoms with E-state index in [9.17, 15) is 19.7 Å². The molecule has 9 nitrogen and oxygen atoms in total. The lowest BCUT2D eigenvalue weighted by Crippen LogP contribution is -2.55. The summed E-state index contributed by atoms with van der Waals surface area (Å²) < 4.78 is 0. The van der Waals surface area contributed by atoms with Gasteiger partial charge in [0.1, 0.15) is 5.02 Å². The van der Waals surface area contributed by atoms with E-state index in [-0.39, 0.29) is 35.0 Å². The van der Waals surface area contributed by atoms with Crippen molar-refractivity contribution in [2.45, 2.75) is 31.8 Å². The third-order valence-electron chi connectivity index (χ3n) is 4.13. The Morgan fingerprint density at radius 1 is 1.44 bits per heavy atom. The van der Waals surface area contributed by atoms with Crippen molar-refractivity contribution in [1.29, 1.82) is 0 Å². The van der Waals surface area contributed by atoms with Crippen LogP contribution < -0.4 is 10.6 Å². The third-order valence-corrected chi connectivity index (χ3v) is 4.53. The zero-order valence-corrected chi connectivity index (χ0v) is 14.3. The van der Waals surface area contributed by atoms with Crippen LogP contribution in [0.2, 0.25) is 5.02 Å². The predicted octanol–water partition coefficient (Wildman–Crippen LogP) is 2.31. The van der Waals surface area contributed by atoms with E-state index in [0.29, 0.717) is 19.4 Å². The molecule has 2 amide bonds. The molecule has 2 rings (SSSR count). The molecule has 10 heteroatoms. The van der Waals surface area contributed by atoms with E-state index in [0.717, 1.165) is 0 Å². The number of nitrogens with one attached hydrogen (secondary N) is 2. The average Bonchev–Trinajstić information content (AvgIpc) is 2.50. The summed E-state index contributed by atoms with van der Waals surface area (Å²) in [5.41, 5.74) is -0.124. The van der Waals surface area contributed by atoms with E-state index in [1.54, 1.807) is 0 Å². The summed E-state index contributed by atoms with van der Waals surface area (Å²) >= 11 is 5.92. The summed E-state index contributed by atoms with van der Waals surface area (Å²) in [6.45, 7) is 2.49. The summed E-state index contributed by atoms with van der Waals surface area (Å²) in [4.78, 5) is 34.9. The molecule has 0 atom stereocenters. The smallest absolute Gasteiger partial charge is 0.319 e. The molecule has 0 heterocycles. The number of carbonyl (C=O) groups is 2. The van der Waals surface area contributed by atoms with E-state index < -0.39 is 16.9 Å². The Balaban J connectivity index is 1.86. The van der Waals surface area contributed by atoms with Crippen LogP contribution in [-0.2, 0) is 4.79 Å². The number of nitrogens with zero attached hydrogens (tertiary/aromatic N) is 2. The van der Waals surface area contributed by atoms with Crippen molar-refractivity contribution in [3.05, 3.63) is 33.3 Å². The number of rotatable bonds is 7. The molecular weight excluding hydrogens is 352 g/mol. The number of carboxylic acid groups (broad SMARTS) is 1. The van der Waals surface area contributed by atoms with Gasteiger partial charge in [-0.05, 0) is 25.5 Å². The van der Waals surface area contributed by atoms with Crippen molar-refractivity contribution in [2.75, 3.05) is 18.4 Å². The van der Waals surface area contributed by atoms with Crippen LogP contribution in [0.4, 0.5) is 16.2 Å². The molecule has 0 spiro atoms. The molecule has 1 fully saturated rings. The molecule has 0 radical (unpaired) electrons. The van der Waals surface area contributed by atoms with Gasteiger partial charge < -0.3 is 15.7 Å². The first kappa shape index (κ1) is 18.9. The van der Waals surface area contributed by atoms with Gasteiger partial charge in [-0.15, -0.1) is 0 Å². The first-order valence-electron chi connectivity index (χ1n) is 7.78. The number of halogens is 1. The number of benzene rings is 1. The van der Waals surface area contributed by atoms with Crippen LogP contribution in [0.25, 0.3) is 0 Å².